The summed E-state index contributed by atoms with van der Waals surface area (Å²) in [6.45, 7) is 1.78. The minimum atomic E-state index is -0.204. The average Bonchev–Trinajstić information content (AvgIpc) is 2.59. The first-order valence-corrected chi connectivity index (χ1v) is 6.20. The van der Waals surface area contributed by atoms with Crippen LogP contribution in [0.2, 0.25) is 0 Å². The maximum Gasteiger partial charge on any atom is 0.239 e. The van der Waals surface area contributed by atoms with E-state index >= 15 is 0 Å². The molecule has 1 heterocycles. The number of carbonyl (C=O) groups excluding carboxylic acids is 1. The zero-order valence-electron chi connectivity index (χ0n) is 8.03. The molecule has 78 valence electrons. The Hall–Kier alpha value is -0.940. The molecule has 15 heavy (non-hydrogen) atoms. The fraction of sp³-hybridized carbons (Fsp3) is 0.200. The van der Waals surface area contributed by atoms with Gasteiger partial charge in [0.15, 0.2) is 5.13 Å². The maximum absolute atomic E-state index is 11.4. The molecular weight excluding hydrogens is 276 g/mol. The molecule has 0 fully saturated rings. The van der Waals surface area contributed by atoms with E-state index in [0.717, 1.165) is 10.2 Å². The van der Waals surface area contributed by atoms with Crippen LogP contribution in [-0.4, -0.2) is 15.7 Å². The van der Waals surface area contributed by atoms with Crippen LogP contribution in [0.4, 0.5) is 5.13 Å². The second-order valence-electron chi connectivity index (χ2n) is 3.09. The maximum atomic E-state index is 11.4. The van der Waals surface area contributed by atoms with Crippen molar-refractivity contribution in [3.63, 3.8) is 0 Å². The molecule has 0 spiro atoms. The summed E-state index contributed by atoms with van der Waals surface area (Å²) in [4.78, 5) is 15.5. The van der Waals surface area contributed by atoms with Gasteiger partial charge >= 0.3 is 0 Å². The predicted octanol–water partition coefficient (Wildman–Crippen LogP) is 3.02. The lowest BCUT2D eigenvalue weighted by Crippen LogP contribution is -2.19. The zero-order valence-corrected chi connectivity index (χ0v) is 10.4. The summed E-state index contributed by atoms with van der Waals surface area (Å²) in [5, 5.41) is 3.40. The molecule has 0 radical (unpaired) electrons. The fourth-order valence-electron chi connectivity index (χ4n) is 1.13. The van der Waals surface area contributed by atoms with E-state index < -0.39 is 0 Å². The van der Waals surface area contributed by atoms with E-state index in [-0.39, 0.29) is 10.7 Å². The molecule has 1 aromatic carbocycles. The average molecular weight is 285 g/mol. The van der Waals surface area contributed by atoms with Gasteiger partial charge in [-0.15, -0.1) is 0 Å². The van der Waals surface area contributed by atoms with Crippen LogP contribution in [0.15, 0.2) is 24.3 Å². The van der Waals surface area contributed by atoms with Crippen LogP contribution < -0.4 is 5.32 Å². The summed E-state index contributed by atoms with van der Waals surface area (Å²) in [5.41, 5.74) is 0.917. The predicted molar refractivity (Wildman–Crippen MR) is 66.6 cm³/mol. The topological polar surface area (TPSA) is 42.0 Å². The Morgan fingerprint density at radius 3 is 2.93 bits per heavy atom. The number of benzene rings is 1. The smallest absolute Gasteiger partial charge is 0.239 e. The molecular formula is C10H9BrN2OS. The SMILES string of the molecule is C[C@H](Br)C(=O)Nc1nc2ccccc2s1. The Kier molecular flexibility index (Phi) is 3.02. The van der Waals surface area contributed by atoms with Crippen LogP contribution >= 0.6 is 27.3 Å². The van der Waals surface area contributed by atoms with E-state index in [1.165, 1.54) is 11.3 Å². The molecule has 0 saturated carbocycles. The highest BCUT2D eigenvalue weighted by molar-refractivity contribution is 9.10. The molecule has 1 atom stereocenters. The molecule has 2 aromatic rings. The highest BCUT2D eigenvalue weighted by atomic mass is 79.9. The van der Waals surface area contributed by atoms with E-state index in [2.05, 4.69) is 26.2 Å². The van der Waals surface area contributed by atoms with Crippen LogP contribution in [0.5, 0.6) is 0 Å². The highest BCUT2D eigenvalue weighted by Gasteiger charge is 2.11. The van der Waals surface area contributed by atoms with Gasteiger partial charge in [0.05, 0.1) is 15.0 Å². The van der Waals surface area contributed by atoms with Crippen molar-refractivity contribution in [2.75, 3.05) is 5.32 Å². The lowest BCUT2D eigenvalue weighted by atomic mass is 10.3. The van der Waals surface area contributed by atoms with E-state index in [1.807, 2.05) is 24.3 Å². The van der Waals surface area contributed by atoms with Gasteiger partial charge in [-0.2, -0.15) is 0 Å². The molecule has 3 nitrogen and oxygen atoms in total. The number of hydrogen-bond donors (Lipinski definition) is 1. The quantitative estimate of drug-likeness (QED) is 0.862. The first kappa shape index (κ1) is 10.6. The van der Waals surface area contributed by atoms with Crippen LogP contribution in [0.1, 0.15) is 6.92 Å². The second-order valence-corrected chi connectivity index (χ2v) is 5.50. The van der Waals surface area contributed by atoms with Crippen LogP contribution in [-0.2, 0) is 4.79 Å². The number of anilines is 1. The van der Waals surface area contributed by atoms with Crippen molar-refractivity contribution in [3.8, 4) is 0 Å². The molecule has 1 aromatic heterocycles. The number of thiazole rings is 1. The lowest BCUT2D eigenvalue weighted by molar-refractivity contribution is -0.115. The number of aromatic nitrogens is 1. The van der Waals surface area contributed by atoms with Crippen molar-refractivity contribution < 1.29 is 4.79 Å². The number of carbonyl (C=O) groups is 1. The van der Waals surface area contributed by atoms with Gasteiger partial charge in [0, 0.05) is 0 Å². The van der Waals surface area contributed by atoms with Crippen molar-refractivity contribution in [2.24, 2.45) is 0 Å². The normalized spacial score (nSPS) is 12.7. The van der Waals surface area contributed by atoms with Crippen molar-refractivity contribution in [3.05, 3.63) is 24.3 Å². The van der Waals surface area contributed by atoms with Crippen molar-refractivity contribution in [1.82, 2.24) is 4.98 Å². The minimum absolute atomic E-state index is 0.0749. The van der Waals surface area contributed by atoms with Crippen LogP contribution in [0.25, 0.3) is 10.2 Å². The number of halogens is 1. The summed E-state index contributed by atoms with van der Waals surface area (Å²) >= 11 is 4.69. The Bertz CT molecular complexity index is 462. The van der Waals surface area contributed by atoms with Crippen LogP contribution in [0.3, 0.4) is 0 Å². The van der Waals surface area contributed by atoms with Gasteiger partial charge in [-0.05, 0) is 19.1 Å². The van der Waals surface area contributed by atoms with E-state index in [4.69, 9.17) is 0 Å². The van der Waals surface area contributed by atoms with Crippen molar-refractivity contribution in [1.29, 1.82) is 0 Å². The number of nitrogens with one attached hydrogen (secondary N) is 1. The van der Waals surface area contributed by atoms with E-state index in [0.29, 0.717) is 5.13 Å². The van der Waals surface area contributed by atoms with Gasteiger partial charge in [0.25, 0.3) is 0 Å². The number of rotatable bonds is 2. The molecule has 5 heteroatoms. The Balaban J connectivity index is 2.26. The Morgan fingerprint density at radius 2 is 2.27 bits per heavy atom. The second kappa shape index (κ2) is 4.28. The molecule has 0 aliphatic heterocycles. The number of fused-ring (bicyclic) bond motifs is 1. The van der Waals surface area contributed by atoms with Gasteiger partial charge in [-0.1, -0.05) is 39.4 Å². The van der Waals surface area contributed by atoms with Gasteiger partial charge in [-0.3, -0.25) is 4.79 Å². The molecule has 0 aliphatic rings. The first-order valence-electron chi connectivity index (χ1n) is 4.47. The summed E-state index contributed by atoms with van der Waals surface area (Å²) in [6, 6.07) is 7.80. The monoisotopic (exact) mass is 284 g/mol. The van der Waals surface area contributed by atoms with Crippen LogP contribution in [0, 0.1) is 0 Å². The third-order valence-corrected chi connectivity index (χ3v) is 3.25. The largest absolute Gasteiger partial charge is 0.301 e. The Labute approximate surface area is 99.6 Å². The van der Waals surface area contributed by atoms with Crippen molar-refractivity contribution >= 4 is 48.5 Å². The summed E-state index contributed by atoms with van der Waals surface area (Å²) in [7, 11) is 0. The molecule has 0 aliphatic carbocycles. The van der Waals surface area contributed by atoms with Crippen molar-refractivity contribution in [2.45, 2.75) is 11.8 Å². The molecule has 0 saturated heterocycles. The summed E-state index contributed by atoms with van der Waals surface area (Å²) in [5.74, 6) is -0.0749. The lowest BCUT2D eigenvalue weighted by Gasteiger charge is -2.01. The zero-order chi connectivity index (χ0) is 10.8. The highest BCUT2D eigenvalue weighted by Crippen LogP contribution is 2.25. The van der Waals surface area contributed by atoms with Gasteiger partial charge < -0.3 is 5.32 Å². The van der Waals surface area contributed by atoms with Gasteiger partial charge in [0.2, 0.25) is 5.91 Å². The number of amides is 1. The first-order chi connectivity index (χ1) is 7.16. The number of hydrogen-bond acceptors (Lipinski definition) is 3. The molecule has 2 rings (SSSR count). The van der Waals surface area contributed by atoms with E-state index in [1.54, 1.807) is 6.92 Å². The number of alkyl halides is 1. The molecule has 0 bridgehead atoms. The molecule has 1 N–H and O–H groups in total. The molecule has 0 unspecified atom stereocenters. The summed E-state index contributed by atoms with van der Waals surface area (Å²) < 4.78 is 1.08. The molecule has 1 amide bonds. The fourth-order valence-corrected chi connectivity index (χ4v) is 2.11. The van der Waals surface area contributed by atoms with Gasteiger partial charge in [0.1, 0.15) is 0 Å². The number of nitrogens with zero attached hydrogens (tertiary/aromatic N) is 1. The summed E-state index contributed by atoms with van der Waals surface area (Å²) in [6.07, 6.45) is 0. The number of para-hydroxylation sites is 1. The minimum Gasteiger partial charge on any atom is -0.301 e. The van der Waals surface area contributed by atoms with Gasteiger partial charge in [-0.25, -0.2) is 4.98 Å². The van der Waals surface area contributed by atoms with E-state index in [9.17, 15) is 4.79 Å². The third kappa shape index (κ3) is 2.35. The third-order valence-electron chi connectivity index (χ3n) is 1.89. The standard InChI is InChI=1S/C10H9BrN2OS/c1-6(11)9(14)13-10-12-7-4-2-3-5-8(7)15-10/h2-6H,1H3,(H,12,13,14)/t6-/m0/s1. The Morgan fingerprint density at radius 1 is 1.53 bits per heavy atom.